The molecule has 1 atom stereocenters. The molecule has 10 heteroatoms. The number of carbonyl (C=O) groups excluding carboxylic acids is 2. The van der Waals surface area contributed by atoms with E-state index >= 15 is 0 Å². The highest BCUT2D eigenvalue weighted by Gasteiger charge is 2.20. The molecule has 0 spiro atoms. The zero-order valence-corrected chi connectivity index (χ0v) is 24.3. The second kappa shape index (κ2) is 16.1. The van der Waals surface area contributed by atoms with Gasteiger partial charge in [0.1, 0.15) is 11.9 Å². The molecule has 0 aliphatic rings. The minimum Gasteiger partial charge on any atom is -0.369 e. The monoisotopic (exact) mass is 534 g/mol. The van der Waals surface area contributed by atoms with E-state index in [-0.39, 0.29) is 11.8 Å². The van der Waals surface area contributed by atoms with Crippen LogP contribution in [0.3, 0.4) is 0 Å². The van der Waals surface area contributed by atoms with E-state index in [1.54, 1.807) is 32.4 Å². The van der Waals surface area contributed by atoms with Gasteiger partial charge in [-0.3, -0.25) is 14.6 Å². The average molecular weight is 535 g/mol. The lowest BCUT2D eigenvalue weighted by atomic mass is 10.2. The second-order valence-corrected chi connectivity index (χ2v) is 9.62. The third-order valence-electron chi connectivity index (χ3n) is 5.97. The Labute approximate surface area is 232 Å². The van der Waals surface area contributed by atoms with Crippen LogP contribution in [0.2, 0.25) is 0 Å². The van der Waals surface area contributed by atoms with Crippen LogP contribution in [0, 0.1) is 25.7 Å². The predicted octanol–water partition coefficient (Wildman–Crippen LogP) is 3.27. The van der Waals surface area contributed by atoms with E-state index in [1.807, 2.05) is 38.9 Å². The number of rotatable bonds is 13. The Balaban J connectivity index is 1.89. The van der Waals surface area contributed by atoms with Crippen LogP contribution in [0.5, 0.6) is 0 Å². The number of unbranched alkanes of at least 4 members (excludes halogenated alkanes) is 1. The number of hydrogen-bond donors (Lipinski definition) is 3. The SMILES string of the molecule is CCCNc1nc(Nc2cnc(C)c(C)c2)ncc1C#CCCCNC(=O)[C@H](C)N(C)C(=O)/C=C/CN(C)C. The quantitative estimate of drug-likeness (QED) is 0.204. The number of nitrogens with zero attached hydrogens (tertiary/aromatic N) is 5. The van der Waals surface area contributed by atoms with Crippen LogP contribution in [0.1, 0.15) is 49.9 Å². The maximum absolute atomic E-state index is 12.5. The van der Waals surface area contributed by atoms with E-state index in [0.717, 1.165) is 29.9 Å². The summed E-state index contributed by atoms with van der Waals surface area (Å²) in [7, 11) is 5.48. The van der Waals surface area contributed by atoms with Crippen LogP contribution in [0.4, 0.5) is 17.5 Å². The molecule has 0 saturated heterocycles. The fourth-order valence-electron chi connectivity index (χ4n) is 3.29. The molecule has 0 unspecified atom stereocenters. The van der Waals surface area contributed by atoms with E-state index < -0.39 is 6.04 Å². The van der Waals surface area contributed by atoms with Gasteiger partial charge in [0.25, 0.3) is 0 Å². The van der Waals surface area contributed by atoms with Gasteiger partial charge in [-0.05, 0) is 59.3 Å². The number of aryl methyl sites for hydroxylation is 2. The molecule has 2 rings (SSSR count). The largest absolute Gasteiger partial charge is 0.369 e. The summed E-state index contributed by atoms with van der Waals surface area (Å²) in [5.41, 5.74) is 3.61. The first-order valence-corrected chi connectivity index (χ1v) is 13.3. The zero-order valence-electron chi connectivity index (χ0n) is 24.3. The summed E-state index contributed by atoms with van der Waals surface area (Å²) < 4.78 is 0. The van der Waals surface area contributed by atoms with Crippen molar-refractivity contribution in [2.75, 3.05) is 51.4 Å². The number of aromatic nitrogens is 3. The predicted molar refractivity (Wildman–Crippen MR) is 157 cm³/mol. The van der Waals surface area contributed by atoms with E-state index in [9.17, 15) is 9.59 Å². The Morgan fingerprint density at radius 2 is 1.90 bits per heavy atom. The number of anilines is 3. The summed E-state index contributed by atoms with van der Waals surface area (Å²) in [4.78, 5) is 41.5. The number of pyridine rings is 1. The van der Waals surface area contributed by atoms with Crippen LogP contribution in [0.15, 0.2) is 30.6 Å². The summed E-state index contributed by atoms with van der Waals surface area (Å²) in [5.74, 6) is 7.04. The van der Waals surface area contributed by atoms with Crippen LogP contribution in [-0.2, 0) is 9.59 Å². The van der Waals surface area contributed by atoms with Crippen molar-refractivity contribution >= 4 is 29.3 Å². The van der Waals surface area contributed by atoms with Crippen LogP contribution in [-0.4, -0.2) is 83.4 Å². The molecule has 2 heterocycles. The first-order chi connectivity index (χ1) is 18.6. The first-order valence-electron chi connectivity index (χ1n) is 13.3. The maximum atomic E-state index is 12.5. The summed E-state index contributed by atoms with van der Waals surface area (Å²) in [6, 6.07) is 1.45. The van der Waals surface area contributed by atoms with Gasteiger partial charge in [-0.15, -0.1) is 0 Å². The van der Waals surface area contributed by atoms with Gasteiger partial charge in [-0.25, -0.2) is 4.98 Å². The number of likely N-dealkylation sites (N-methyl/N-ethyl adjacent to an activating group) is 2. The van der Waals surface area contributed by atoms with Gasteiger partial charge in [0.15, 0.2) is 0 Å². The van der Waals surface area contributed by atoms with Crippen LogP contribution in [0.25, 0.3) is 0 Å². The summed E-state index contributed by atoms with van der Waals surface area (Å²) in [5, 5.41) is 9.41. The molecular weight excluding hydrogens is 492 g/mol. The summed E-state index contributed by atoms with van der Waals surface area (Å²) >= 11 is 0. The number of nitrogens with one attached hydrogen (secondary N) is 3. The van der Waals surface area contributed by atoms with Crippen molar-refractivity contribution < 1.29 is 9.59 Å². The molecule has 0 aromatic carbocycles. The fraction of sp³-hybridized carbons (Fsp3) is 0.483. The lowest BCUT2D eigenvalue weighted by Gasteiger charge is -2.23. The lowest BCUT2D eigenvalue weighted by Crippen LogP contribution is -2.45. The Kier molecular flexibility index (Phi) is 12.9. The molecule has 0 aliphatic carbocycles. The van der Waals surface area contributed by atoms with Gasteiger partial charge >= 0.3 is 0 Å². The maximum Gasteiger partial charge on any atom is 0.246 e. The van der Waals surface area contributed by atoms with Gasteiger partial charge in [0, 0.05) is 44.9 Å². The first kappa shape index (κ1) is 31.2. The summed E-state index contributed by atoms with van der Waals surface area (Å²) in [6.45, 7) is 9.69. The molecular formula is C29H42N8O2. The van der Waals surface area contributed by atoms with Crippen molar-refractivity contribution in [2.45, 2.75) is 53.0 Å². The molecule has 0 fully saturated rings. The van der Waals surface area contributed by atoms with E-state index in [0.29, 0.717) is 43.3 Å². The normalized spacial score (nSPS) is 11.6. The third kappa shape index (κ3) is 10.7. The van der Waals surface area contributed by atoms with Gasteiger partial charge in [0.05, 0.1) is 23.6 Å². The highest BCUT2D eigenvalue weighted by atomic mass is 16.2. The number of hydrogen-bond acceptors (Lipinski definition) is 8. The van der Waals surface area contributed by atoms with E-state index in [1.165, 1.54) is 11.0 Å². The average Bonchev–Trinajstić information content (AvgIpc) is 2.90. The van der Waals surface area contributed by atoms with Crippen LogP contribution >= 0.6 is 0 Å². The number of carbonyl (C=O) groups is 2. The van der Waals surface area contributed by atoms with Gasteiger partial charge in [-0.2, -0.15) is 4.98 Å². The van der Waals surface area contributed by atoms with E-state index in [4.69, 9.17) is 0 Å². The molecule has 0 bridgehead atoms. The van der Waals surface area contributed by atoms with Gasteiger partial charge in [0.2, 0.25) is 17.8 Å². The Hall–Kier alpha value is -3.97. The third-order valence-corrected chi connectivity index (χ3v) is 5.97. The Morgan fingerprint density at radius 1 is 1.13 bits per heavy atom. The minimum atomic E-state index is -0.566. The minimum absolute atomic E-state index is 0.193. The molecule has 3 N–H and O–H groups in total. The molecule has 2 aromatic rings. The highest BCUT2D eigenvalue weighted by Crippen LogP contribution is 2.18. The standard InChI is InChI=1S/C29H42N8O2/c1-8-15-30-27-24(19-33-29(35-27)34-25-18-21(2)22(3)32-20-25)13-10-9-11-16-31-28(39)23(4)37(7)26(38)14-12-17-36(5)6/h12,14,18-20,23H,8-9,11,15-17H2,1-7H3,(H,31,39)(H2,30,33,34,35)/b14-12+/t23-/m0/s1. The van der Waals surface area contributed by atoms with E-state index in [2.05, 4.69) is 49.7 Å². The zero-order chi connectivity index (χ0) is 28.8. The van der Waals surface area contributed by atoms with Crippen molar-refractivity contribution in [3.8, 4) is 11.8 Å². The molecule has 0 aliphatic heterocycles. The van der Waals surface area contributed by atoms with Crippen molar-refractivity contribution in [3.05, 3.63) is 47.4 Å². The Bertz CT molecular complexity index is 1200. The second-order valence-electron chi connectivity index (χ2n) is 9.62. The molecule has 10 nitrogen and oxygen atoms in total. The summed E-state index contributed by atoms with van der Waals surface area (Å²) in [6.07, 6.45) is 8.97. The Morgan fingerprint density at radius 3 is 2.59 bits per heavy atom. The van der Waals surface area contributed by atoms with Crippen LogP contribution < -0.4 is 16.0 Å². The van der Waals surface area contributed by atoms with Gasteiger partial charge in [-0.1, -0.05) is 24.8 Å². The highest BCUT2D eigenvalue weighted by molar-refractivity contribution is 5.92. The van der Waals surface area contributed by atoms with Gasteiger partial charge < -0.3 is 25.8 Å². The smallest absolute Gasteiger partial charge is 0.246 e. The molecule has 210 valence electrons. The number of amides is 2. The molecule has 0 radical (unpaired) electrons. The molecule has 2 aromatic heterocycles. The van der Waals surface area contributed by atoms with Crippen molar-refractivity contribution in [1.29, 1.82) is 0 Å². The molecule has 39 heavy (non-hydrogen) atoms. The fourth-order valence-corrected chi connectivity index (χ4v) is 3.29. The topological polar surface area (TPSA) is 115 Å². The lowest BCUT2D eigenvalue weighted by molar-refractivity contribution is -0.135. The van der Waals surface area contributed by atoms with Crippen molar-refractivity contribution in [3.63, 3.8) is 0 Å². The molecule has 0 saturated carbocycles. The van der Waals surface area contributed by atoms with Crippen molar-refractivity contribution in [1.82, 2.24) is 30.1 Å². The molecule has 2 amide bonds. The van der Waals surface area contributed by atoms with Crippen molar-refractivity contribution in [2.24, 2.45) is 0 Å².